The summed E-state index contributed by atoms with van der Waals surface area (Å²) in [6.07, 6.45) is -5.99. The van der Waals surface area contributed by atoms with Gasteiger partial charge in [-0.05, 0) is 6.92 Å². The van der Waals surface area contributed by atoms with Crippen molar-refractivity contribution in [2.45, 2.75) is 37.6 Å². The first-order chi connectivity index (χ1) is 5.04. The Morgan fingerprint density at radius 1 is 0.909 bits per heavy atom. The summed E-state index contributed by atoms with van der Waals surface area (Å²) in [6, 6.07) is 0. The number of ether oxygens (including phenoxy) is 1. The molecule has 0 saturated carbocycles. The summed E-state index contributed by atoms with van der Waals surface area (Å²) in [6.45, 7) is 1.50. The first-order valence-electron chi connectivity index (χ1n) is 3.41. The highest BCUT2D eigenvalue weighted by molar-refractivity contribution is 4.86. The zero-order chi connectivity index (χ0) is 8.59. The van der Waals surface area contributed by atoms with Crippen LogP contribution in [0.15, 0.2) is 0 Å². The second-order valence-corrected chi connectivity index (χ2v) is 2.70. The van der Waals surface area contributed by atoms with Gasteiger partial charge in [-0.2, -0.15) is 0 Å². The Hall–Kier alpha value is -0.200. The van der Waals surface area contributed by atoms with Gasteiger partial charge in [0.05, 0.1) is 6.10 Å². The van der Waals surface area contributed by atoms with Crippen LogP contribution in [0.4, 0.5) is 0 Å². The van der Waals surface area contributed by atoms with Crippen LogP contribution in [-0.2, 0) is 4.74 Å². The molecule has 5 atom stereocenters. The van der Waals surface area contributed by atoms with Crippen molar-refractivity contribution in [3.8, 4) is 0 Å². The van der Waals surface area contributed by atoms with Crippen molar-refractivity contribution in [1.29, 1.82) is 0 Å². The molecule has 0 aromatic carbocycles. The molecule has 0 unspecified atom stereocenters. The number of rotatable bonds is 0. The normalized spacial score (nSPS) is 52.6. The highest BCUT2D eigenvalue weighted by Crippen LogP contribution is 2.18. The molecule has 0 aromatic rings. The molecule has 66 valence electrons. The summed E-state index contributed by atoms with van der Waals surface area (Å²) < 4.78 is 4.68. The van der Waals surface area contributed by atoms with Crippen LogP contribution in [0.2, 0.25) is 0 Å². The zero-order valence-corrected chi connectivity index (χ0v) is 6.08. The van der Waals surface area contributed by atoms with E-state index in [1.54, 1.807) is 0 Å². The van der Waals surface area contributed by atoms with E-state index in [9.17, 15) is 0 Å². The molecule has 4 N–H and O–H groups in total. The first kappa shape index (κ1) is 8.89. The third-order valence-electron chi connectivity index (χ3n) is 1.83. The molecule has 0 aliphatic carbocycles. The molecule has 0 radical (unpaired) electrons. The standard InChI is InChI=1S/C6H12O5/c1-2-3(7)4(8)5(9)6(10)11-2/h2-10H,1H3/t2-,3-,4+,5+,6-/m0/s1. The van der Waals surface area contributed by atoms with Crippen molar-refractivity contribution in [3.05, 3.63) is 0 Å². The topological polar surface area (TPSA) is 90.2 Å². The lowest BCUT2D eigenvalue weighted by Crippen LogP contribution is -2.56. The van der Waals surface area contributed by atoms with Gasteiger partial charge in [0.1, 0.15) is 18.3 Å². The van der Waals surface area contributed by atoms with E-state index in [1.807, 2.05) is 0 Å². The highest BCUT2D eigenvalue weighted by Gasteiger charge is 2.40. The molecular formula is C6H12O5. The number of hydrogen-bond acceptors (Lipinski definition) is 5. The highest BCUT2D eigenvalue weighted by atomic mass is 16.6. The molecule has 1 heterocycles. The Labute approximate surface area is 63.8 Å². The molecule has 11 heavy (non-hydrogen) atoms. The monoisotopic (exact) mass is 164 g/mol. The van der Waals surface area contributed by atoms with Gasteiger partial charge >= 0.3 is 0 Å². The van der Waals surface area contributed by atoms with Crippen LogP contribution >= 0.6 is 0 Å². The van der Waals surface area contributed by atoms with Gasteiger partial charge in [-0.15, -0.1) is 0 Å². The molecule has 1 aliphatic rings. The van der Waals surface area contributed by atoms with Crippen LogP contribution < -0.4 is 0 Å². The van der Waals surface area contributed by atoms with Crippen LogP contribution in [0, 0.1) is 0 Å². The van der Waals surface area contributed by atoms with E-state index in [2.05, 4.69) is 4.74 Å². The summed E-state index contributed by atoms with van der Waals surface area (Å²) >= 11 is 0. The van der Waals surface area contributed by atoms with E-state index < -0.39 is 30.7 Å². The van der Waals surface area contributed by atoms with Gasteiger partial charge in [0.2, 0.25) is 0 Å². The van der Waals surface area contributed by atoms with Crippen LogP contribution in [0.1, 0.15) is 6.92 Å². The second kappa shape index (κ2) is 3.04. The number of aliphatic hydroxyl groups is 4. The molecule has 5 heteroatoms. The van der Waals surface area contributed by atoms with Crippen molar-refractivity contribution in [1.82, 2.24) is 0 Å². The van der Waals surface area contributed by atoms with Gasteiger partial charge in [-0.25, -0.2) is 0 Å². The smallest absolute Gasteiger partial charge is 0.183 e. The fraction of sp³-hybridized carbons (Fsp3) is 1.00. The largest absolute Gasteiger partial charge is 0.388 e. The summed E-state index contributed by atoms with van der Waals surface area (Å²) in [5.41, 5.74) is 0. The van der Waals surface area contributed by atoms with Crippen molar-refractivity contribution in [3.63, 3.8) is 0 Å². The van der Waals surface area contributed by atoms with Gasteiger partial charge < -0.3 is 25.2 Å². The maximum atomic E-state index is 9.09. The molecule has 1 rings (SSSR count). The van der Waals surface area contributed by atoms with Crippen LogP contribution in [-0.4, -0.2) is 51.1 Å². The minimum Gasteiger partial charge on any atom is -0.388 e. The van der Waals surface area contributed by atoms with Gasteiger partial charge in [0.25, 0.3) is 0 Å². The predicted molar refractivity (Wildman–Crippen MR) is 34.6 cm³/mol. The van der Waals surface area contributed by atoms with E-state index in [1.165, 1.54) is 6.92 Å². The summed E-state index contributed by atoms with van der Waals surface area (Å²) in [5, 5.41) is 36.0. The fourth-order valence-corrected chi connectivity index (χ4v) is 1.03. The minimum absolute atomic E-state index is 0.664. The van der Waals surface area contributed by atoms with Gasteiger partial charge in [-0.1, -0.05) is 0 Å². The van der Waals surface area contributed by atoms with Gasteiger partial charge in [-0.3, -0.25) is 0 Å². The fourth-order valence-electron chi connectivity index (χ4n) is 1.03. The van der Waals surface area contributed by atoms with Crippen LogP contribution in [0.5, 0.6) is 0 Å². The van der Waals surface area contributed by atoms with E-state index >= 15 is 0 Å². The number of aliphatic hydroxyl groups excluding tert-OH is 4. The molecule has 1 aliphatic heterocycles. The molecule has 0 amide bonds. The Balaban J connectivity index is 2.63. The second-order valence-electron chi connectivity index (χ2n) is 2.70. The zero-order valence-electron chi connectivity index (χ0n) is 6.08. The van der Waals surface area contributed by atoms with E-state index in [4.69, 9.17) is 20.4 Å². The van der Waals surface area contributed by atoms with Gasteiger partial charge in [0, 0.05) is 0 Å². The van der Waals surface area contributed by atoms with Crippen molar-refractivity contribution in [2.24, 2.45) is 0 Å². The SMILES string of the molecule is C[C@@H]1O[C@H](O)[C@H](O)[C@H](O)[C@H]1O. The Morgan fingerprint density at radius 3 is 2.00 bits per heavy atom. The molecule has 0 aromatic heterocycles. The predicted octanol–water partition coefficient (Wildman–Crippen LogP) is -2.19. The third-order valence-corrected chi connectivity index (χ3v) is 1.83. The minimum atomic E-state index is -1.43. The van der Waals surface area contributed by atoms with Crippen molar-refractivity contribution in [2.75, 3.05) is 0 Å². The maximum absolute atomic E-state index is 9.09. The van der Waals surface area contributed by atoms with Crippen LogP contribution in [0.25, 0.3) is 0 Å². The van der Waals surface area contributed by atoms with Gasteiger partial charge in [0.15, 0.2) is 6.29 Å². The Kier molecular flexibility index (Phi) is 2.46. The summed E-state index contributed by atoms with van der Waals surface area (Å²) in [7, 11) is 0. The molecule has 0 spiro atoms. The molecule has 1 saturated heterocycles. The lowest BCUT2D eigenvalue weighted by molar-refractivity contribution is -0.277. The van der Waals surface area contributed by atoms with Crippen molar-refractivity contribution < 1.29 is 25.2 Å². The molecule has 1 fully saturated rings. The van der Waals surface area contributed by atoms with E-state index in [0.29, 0.717) is 0 Å². The molecule has 0 bridgehead atoms. The molecule has 5 nitrogen and oxygen atoms in total. The Bertz CT molecular complexity index is 125. The average Bonchev–Trinajstić information content (AvgIpc) is 1.97. The van der Waals surface area contributed by atoms with Crippen molar-refractivity contribution >= 4 is 0 Å². The average molecular weight is 164 g/mol. The number of hydrogen-bond donors (Lipinski definition) is 4. The lowest BCUT2D eigenvalue weighted by Gasteiger charge is -2.36. The summed E-state index contributed by atoms with van der Waals surface area (Å²) in [5.74, 6) is 0. The third kappa shape index (κ3) is 1.52. The lowest BCUT2D eigenvalue weighted by atomic mass is 10.0. The molecular weight excluding hydrogens is 152 g/mol. The van der Waals surface area contributed by atoms with E-state index in [0.717, 1.165) is 0 Å². The maximum Gasteiger partial charge on any atom is 0.183 e. The first-order valence-corrected chi connectivity index (χ1v) is 3.41. The van der Waals surface area contributed by atoms with E-state index in [-0.39, 0.29) is 0 Å². The van der Waals surface area contributed by atoms with Crippen LogP contribution in [0.3, 0.4) is 0 Å². The summed E-state index contributed by atoms with van der Waals surface area (Å²) in [4.78, 5) is 0. The Morgan fingerprint density at radius 2 is 1.45 bits per heavy atom. The quantitative estimate of drug-likeness (QED) is 0.326.